The lowest BCUT2D eigenvalue weighted by Crippen LogP contribution is -2.12. The van der Waals surface area contributed by atoms with Crippen molar-refractivity contribution in [3.05, 3.63) is 28.3 Å². The van der Waals surface area contributed by atoms with E-state index in [2.05, 4.69) is 9.97 Å². The van der Waals surface area contributed by atoms with Crippen LogP contribution < -0.4 is 0 Å². The van der Waals surface area contributed by atoms with Gasteiger partial charge in [-0.3, -0.25) is 10.1 Å². The molecular formula is C8H10ClN3O3. The standard InChI is InChI=1S/C8H10ClN3O3/c1-15-5-6(9)2-8-10-3-7(4-11-8)12(13)14/h3-4,6H,2,5H2,1H3. The molecule has 0 saturated heterocycles. The minimum absolute atomic E-state index is 0.128. The number of hydrogen-bond acceptors (Lipinski definition) is 5. The van der Waals surface area contributed by atoms with Crippen LogP contribution in [-0.4, -0.2) is 34.0 Å². The molecule has 0 amide bonds. The van der Waals surface area contributed by atoms with Gasteiger partial charge in [0.25, 0.3) is 0 Å². The minimum Gasteiger partial charge on any atom is -0.383 e. The zero-order chi connectivity index (χ0) is 11.3. The van der Waals surface area contributed by atoms with Crippen molar-refractivity contribution in [2.45, 2.75) is 11.8 Å². The van der Waals surface area contributed by atoms with Crippen LogP contribution in [0.15, 0.2) is 12.4 Å². The van der Waals surface area contributed by atoms with Crippen molar-refractivity contribution in [1.82, 2.24) is 9.97 Å². The van der Waals surface area contributed by atoms with Gasteiger partial charge in [0.15, 0.2) is 0 Å². The fourth-order valence-corrected chi connectivity index (χ4v) is 1.25. The van der Waals surface area contributed by atoms with Crippen molar-refractivity contribution in [1.29, 1.82) is 0 Å². The van der Waals surface area contributed by atoms with Gasteiger partial charge in [-0.05, 0) is 0 Å². The van der Waals surface area contributed by atoms with Gasteiger partial charge in [-0.1, -0.05) is 0 Å². The summed E-state index contributed by atoms with van der Waals surface area (Å²) in [4.78, 5) is 17.4. The lowest BCUT2D eigenvalue weighted by molar-refractivity contribution is -0.385. The van der Waals surface area contributed by atoms with E-state index >= 15 is 0 Å². The van der Waals surface area contributed by atoms with Crippen LogP contribution >= 0.6 is 11.6 Å². The quantitative estimate of drug-likeness (QED) is 0.432. The molecule has 1 heterocycles. The average molecular weight is 232 g/mol. The molecule has 0 bridgehead atoms. The van der Waals surface area contributed by atoms with Crippen molar-refractivity contribution in [3.8, 4) is 0 Å². The predicted molar refractivity (Wildman–Crippen MR) is 53.9 cm³/mol. The van der Waals surface area contributed by atoms with Crippen LogP contribution in [0.5, 0.6) is 0 Å². The molecule has 7 heteroatoms. The molecule has 0 aliphatic rings. The van der Waals surface area contributed by atoms with Crippen LogP contribution in [0.2, 0.25) is 0 Å². The molecule has 1 unspecified atom stereocenters. The van der Waals surface area contributed by atoms with Crippen molar-refractivity contribution < 1.29 is 9.66 Å². The minimum atomic E-state index is -0.545. The molecule has 0 spiro atoms. The number of aromatic nitrogens is 2. The van der Waals surface area contributed by atoms with Gasteiger partial charge < -0.3 is 4.74 Å². The number of alkyl halides is 1. The number of methoxy groups -OCH3 is 1. The van der Waals surface area contributed by atoms with Crippen LogP contribution in [0.4, 0.5) is 5.69 Å². The van der Waals surface area contributed by atoms with E-state index in [1.807, 2.05) is 0 Å². The number of hydrogen-bond donors (Lipinski definition) is 0. The molecule has 0 aliphatic carbocycles. The van der Waals surface area contributed by atoms with E-state index in [1.54, 1.807) is 7.11 Å². The molecule has 82 valence electrons. The summed E-state index contributed by atoms with van der Waals surface area (Å²) in [5.74, 6) is 0.470. The van der Waals surface area contributed by atoms with E-state index in [-0.39, 0.29) is 11.1 Å². The van der Waals surface area contributed by atoms with Crippen LogP contribution in [-0.2, 0) is 11.2 Å². The second kappa shape index (κ2) is 5.57. The monoisotopic (exact) mass is 231 g/mol. The van der Waals surface area contributed by atoms with Crippen LogP contribution in [0, 0.1) is 10.1 Å². The molecular weight excluding hydrogens is 222 g/mol. The Morgan fingerprint density at radius 1 is 1.60 bits per heavy atom. The van der Waals surface area contributed by atoms with Gasteiger partial charge in [0.1, 0.15) is 18.2 Å². The third-order valence-corrected chi connectivity index (χ3v) is 1.93. The first kappa shape index (κ1) is 11.8. The average Bonchev–Trinajstić information content (AvgIpc) is 2.18. The number of halogens is 1. The summed E-state index contributed by atoms with van der Waals surface area (Å²) < 4.78 is 4.84. The number of nitro groups is 1. The SMILES string of the molecule is COCC(Cl)Cc1ncc([N+](=O)[O-])cn1. The zero-order valence-electron chi connectivity index (χ0n) is 8.09. The fourth-order valence-electron chi connectivity index (χ4n) is 0.986. The Hall–Kier alpha value is -1.27. The zero-order valence-corrected chi connectivity index (χ0v) is 8.85. The first-order chi connectivity index (χ1) is 7.13. The summed E-state index contributed by atoms with van der Waals surface area (Å²) >= 11 is 5.88. The van der Waals surface area contributed by atoms with E-state index in [9.17, 15) is 10.1 Å². The fraction of sp³-hybridized carbons (Fsp3) is 0.500. The van der Waals surface area contributed by atoms with Crippen LogP contribution in [0.25, 0.3) is 0 Å². The Bertz CT molecular complexity index is 330. The third kappa shape index (κ3) is 3.77. The molecule has 1 rings (SSSR count). The summed E-state index contributed by atoms with van der Waals surface area (Å²) in [6.45, 7) is 0.391. The highest BCUT2D eigenvalue weighted by Gasteiger charge is 2.10. The Morgan fingerprint density at radius 2 is 2.20 bits per heavy atom. The van der Waals surface area contributed by atoms with E-state index in [4.69, 9.17) is 16.3 Å². The summed E-state index contributed by atoms with van der Waals surface area (Å²) in [5.41, 5.74) is -0.128. The maximum absolute atomic E-state index is 10.3. The van der Waals surface area contributed by atoms with Crippen LogP contribution in [0.1, 0.15) is 5.82 Å². The van der Waals surface area contributed by atoms with E-state index < -0.39 is 4.92 Å². The summed E-state index contributed by atoms with van der Waals surface area (Å²) in [6, 6.07) is 0. The van der Waals surface area contributed by atoms with Gasteiger partial charge in [-0.25, -0.2) is 9.97 Å². The molecule has 0 aromatic carbocycles. The van der Waals surface area contributed by atoms with Gasteiger partial charge in [-0.2, -0.15) is 0 Å². The van der Waals surface area contributed by atoms with E-state index in [0.29, 0.717) is 18.9 Å². The summed E-state index contributed by atoms with van der Waals surface area (Å²) in [7, 11) is 1.55. The molecule has 1 atom stereocenters. The second-order valence-corrected chi connectivity index (χ2v) is 3.49. The maximum Gasteiger partial charge on any atom is 0.305 e. The highest BCUT2D eigenvalue weighted by atomic mass is 35.5. The lowest BCUT2D eigenvalue weighted by atomic mass is 10.3. The molecule has 1 aromatic rings. The van der Waals surface area contributed by atoms with Gasteiger partial charge >= 0.3 is 5.69 Å². The Labute approximate surface area is 91.4 Å². The van der Waals surface area contributed by atoms with Crippen molar-refractivity contribution in [2.75, 3.05) is 13.7 Å². The van der Waals surface area contributed by atoms with Crippen LogP contribution in [0.3, 0.4) is 0 Å². The molecule has 0 saturated carbocycles. The Morgan fingerprint density at radius 3 is 2.67 bits per heavy atom. The molecule has 0 fully saturated rings. The van der Waals surface area contributed by atoms with Gasteiger partial charge in [0.2, 0.25) is 0 Å². The normalized spacial score (nSPS) is 12.4. The van der Waals surface area contributed by atoms with Crippen molar-refractivity contribution >= 4 is 17.3 Å². The smallest absolute Gasteiger partial charge is 0.305 e. The highest BCUT2D eigenvalue weighted by molar-refractivity contribution is 6.20. The summed E-state index contributed by atoms with van der Waals surface area (Å²) in [6.07, 6.45) is 2.75. The Balaban J connectivity index is 2.60. The molecule has 0 radical (unpaired) electrons. The molecule has 0 N–H and O–H groups in total. The number of ether oxygens (including phenoxy) is 1. The maximum atomic E-state index is 10.3. The highest BCUT2D eigenvalue weighted by Crippen LogP contribution is 2.08. The first-order valence-corrected chi connectivity index (χ1v) is 4.65. The number of rotatable bonds is 5. The topological polar surface area (TPSA) is 78.2 Å². The van der Waals surface area contributed by atoms with Gasteiger partial charge in [0, 0.05) is 13.5 Å². The van der Waals surface area contributed by atoms with Crippen molar-refractivity contribution in [2.24, 2.45) is 0 Å². The molecule has 0 aliphatic heterocycles. The largest absolute Gasteiger partial charge is 0.383 e. The third-order valence-electron chi connectivity index (χ3n) is 1.65. The van der Waals surface area contributed by atoms with Gasteiger partial charge in [0.05, 0.1) is 16.9 Å². The van der Waals surface area contributed by atoms with E-state index in [1.165, 1.54) is 12.4 Å². The molecule has 1 aromatic heterocycles. The number of nitrogens with zero attached hydrogens (tertiary/aromatic N) is 3. The predicted octanol–water partition coefficient (Wildman–Crippen LogP) is 1.18. The van der Waals surface area contributed by atoms with Gasteiger partial charge in [-0.15, -0.1) is 11.6 Å². The Kier molecular flexibility index (Phi) is 4.38. The molecule has 6 nitrogen and oxygen atoms in total. The van der Waals surface area contributed by atoms with Crippen molar-refractivity contribution in [3.63, 3.8) is 0 Å². The summed E-state index contributed by atoms with van der Waals surface area (Å²) in [5, 5.41) is 10.1. The second-order valence-electron chi connectivity index (χ2n) is 2.87. The van der Waals surface area contributed by atoms with E-state index in [0.717, 1.165) is 0 Å². The lowest BCUT2D eigenvalue weighted by Gasteiger charge is -2.05. The first-order valence-electron chi connectivity index (χ1n) is 4.21. The molecule has 15 heavy (non-hydrogen) atoms.